The van der Waals surface area contributed by atoms with Gasteiger partial charge in [-0.3, -0.25) is 4.90 Å². The SMILES string of the molecule is c1ccc(C(c2nnnn2C2CCCCC2)N2CCc3ccccc3C2)cc1. The van der Waals surface area contributed by atoms with Crippen LogP contribution in [-0.2, 0) is 13.0 Å². The third-order valence-corrected chi connectivity index (χ3v) is 6.32. The number of rotatable bonds is 4. The fourth-order valence-electron chi connectivity index (χ4n) is 4.86. The number of benzene rings is 2. The Bertz CT molecular complexity index is 914. The molecule has 1 atom stereocenters. The van der Waals surface area contributed by atoms with Gasteiger partial charge in [-0.2, -0.15) is 0 Å². The van der Waals surface area contributed by atoms with Gasteiger partial charge in [0.05, 0.1) is 12.1 Å². The summed E-state index contributed by atoms with van der Waals surface area (Å²) in [5.74, 6) is 0.998. The molecular formula is C23H27N5. The van der Waals surface area contributed by atoms with Crippen LogP contribution in [0.1, 0.15) is 66.7 Å². The summed E-state index contributed by atoms with van der Waals surface area (Å²) in [6.45, 7) is 1.96. The molecule has 0 amide bonds. The van der Waals surface area contributed by atoms with Gasteiger partial charge in [0.1, 0.15) is 0 Å². The zero-order chi connectivity index (χ0) is 18.8. The first-order chi connectivity index (χ1) is 13.9. The van der Waals surface area contributed by atoms with Crippen molar-refractivity contribution in [2.24, 2.45) is 0 Å². The lowest BCUT2D eigenvalue weighted by Crippen LogP contribution is -2.36. The molecule has 1 unspecified atom stereocenters. The van der Waals surface area contributed by atoms with Gasteiger partial charge >= 0.3 is 0 Å². The lowest BCUT2D eigenvalue weighted by atomic mass is 9.94. The molecule has 5 nitrogen and oxygen atoms in total. The molecule has 28 heavy (non-hydrogen) atoms. The van der Waals surface area contributed by atoms with Gasteiger partial charge in [0.25, 0.3) is 0 Å². The molecule has 0 radical (unpaired) electrons. The molecule has 5 rings (SSSR count). The fraction of sp³-hybridized carbons (Fsp3) is 0.435. The van der Waals surface area contributed by atoms with E-state index in [1.807, 2.05) is 0 Å². The van der Waals surface area contributed by atoms with Gasteiger partial charge < -0.3 is 0 Å². The Kier molecular flexibility index (Phi) is 4.92. The predicted molar refractivity (Wildman–Crippen MR) is 109 cm³/mol. The van der Waals surface area contributed by atoms with Crippen molar-refractivity contribution in [2.75, 3.05) is 6.54 Å². The number of fused-ring (bicyclic) bond motifs is 1. The minimum Gasteiger partial charge on any atom is -0.285 e. The van der Waals surface area contributed by atoms with Crippen LogP contribution in [0.2, 0.25) is 0 Å². The van der Waals surface area contributed by atoms with Gasteiger partial charge in [0, 0.05) is 13.1 Å². The Hall–Kier alpha value is -2.53. The topological polar surface area (TPSA) is 46.8 Å². The van der Waals surface area contributed by atoms with E-state index in [0.717, 1.165) is 25.3 Å². The normalized spacial score (nSPS) is 19.3. The van der Waals surface area contributed by atoms with Crippen molar-refractivity contribution in [1.29, 1.82) is 0 Å². The van der Waals surface area contributed by atoms with Crippen LogP contribution in [0, 0.1) is 0 Å². The summed E-state index contributed by atoms with van der Waals surface area (Å²) in [6, 6.07) is 20.1. The van der Waals surface area contributed by atoms with E-state index in [1.165, 1.54) is 48.8 Å². The molecule has 0 saturated heterocycles. The smallest absolute Gasteiger partial charge is 0.173 e. The third kappa shape index (κ3) is 3.35. The van der Waals surface area contributed by atoms with Crippen LogP contribution in [0.15, 0.2) is 54.6 Å². The maximum atomic E-state index is 4.56. The molecule has 1 fully saturated rings. The Labute approximate surface area is 166 Å². The van der Waals surface area contributed by atoms with Crippen molar-refractivity contribution in [1.82, 2.24) is 25.1 Å². The van der Waals surface area contributed by atoms with Crippen molar-refractivity contribution in [3.8, 4) is 0 Å². The summed E-state index contributed by atoms with van der Waals surface area (Å²) in [4.78, 5) is 2.54. The summed E-state index contributed by atoms with van der Waals surface area (Å²) in [5, 5.41) is 13.1. The molecule has 0 bridgehead atoms. The Balaban J connectivity index is 1.53. The second-order valence-corrected chi connectivity index (χ2v) is 8.08. The zero-order valence-corrected chi connectivity index (χ0v) is 16.2. The monoisotopic (exact) mass is 373 g/mol. The molecule has 2 heterocycles. The molecule has 2 aliphatic rings. The van der Waals surface area contributed by atoms with Crippen molar-refractivity contribution in [3.63, 3.8) is 0 Å². The Morgan fingerprint density at radius 3 is 2.43 bits per heavy atom. The maximum absolute atomic E-state index is 4.56. The standard InChI is InChI=1S/C23H27N5/c1-3-10-19(11-4-1)22(27-16-15-18-9-7-8-12-20(18)17-27)23-24-25-26-28(23)21-13-5-2-6-14-21/h1,3-4,7-12,21-22H,2,5-6,13-17H2. The Morgan fingerprint density at radius 1 is 0.857 bits per heavy atom. The van der Waals surface area contributed by atoms with Gasteiger partial charge in [0.15, 0.2) is 5.82 Å². The summed E-state index contributed by atoms with van der Waals surface area (Å²) in [6.07, 6.45) is 7.32. The van der Waals surface area contributed by atoms with Gasteiger partial charge in [-0.05, 0) is 46.4 Å². The lowest BCUT2D eigenvalue weighted by Gasteiger charge is -2.36. The highest BCUT2D eigenvalue weighted by molar-refractivity contribution is 5.31. The first-order valence-electron chi connectivity index (χ1n) is 10.5. The number of hydrogen-bond donors (Lipinski definition) is 0. The van der Waals surface area contributed by atoms with Crippen LogP contribution in [0.5, 0.6) is 0 Å². The molecule has 1 saturated carbocycles. The molecule has 1 aliphatic carbocycles. The zero-order valence-electron chi connectivity index (χ0n) is 16.2. The van der Waals surface area contributed by atoms with E-state index in [4.69, 9.17) is 0 Å². The van der Waals surface area contributed by atoms with E-state index in [2.05, 4.69) is 79.7 Å². The van der Waals surface area contributed by atoms with Gasteiger partial charge in [-0.15, -0.1) is 5.10 Å². The van der Waals surface area contributed by atoms with Gasteiger partial charge in [-0.25, -0.2) is 4.68 Å². The Morgan fingerprint density at radius 2 is 1.61 bits per heavy atom. The van der Waals surface area contributed by atoms with Crippen molar-refractivity contribution in [2.45, 2.75) is 57.2 Å². The van der Waals surface area contributed by atoms with E-state index in [1.54, 1.807) is 0 Å². The minimum absolute atomic E-state index is 0.0893. The van der Waals surface area contributed by atoms with E-state index < -0.39 is 0 Å². The highest BCUT2D eigenvalue weighted by atomic mass is 15.6. The van der Waals surface area contributed by atoms with Crippen LogP contribution in [-0.4, -0.2) is 31.7 Å². The molecule has 1 aromatic heterocycles. The van der Waals surface area contributed by atoms with Crippen molar-refractivity contribution in [3.05, 3.63) is 77.1 Å². The molecule has 144 valence electrons. The highest BCUT2D eigenvalue weighted by Crippen LogP contribution is 2.35. The average Bonchev–Trinajstić information content (AvgIpc) is 3.25. The van der Waals surface area contributed by atoms with Crippen LogP contribution in [0.3, 0.4) is 0 Å². The van der Waals surface area contributed by atoms with Crippen LogP contribution < -0.4 is 0 Å². The molecule has 0 N–H and O–H groups in total. The average molecular weight is 374 g/mol. The fourth-order valence-corrected chi connectivity index (χ4v) is 4.86. The second kappa shape index (κ2) is 7.84. The summed E-state index contributed by atoms with van der Waals surface area (Å²) >= 11 is 0. The highest BCUT2D eigenvalue weighted by Gasteiger charge is 2.32. The van der Waals surface area contributed by atoms with E-state index >= 15 is 0 Å². The minimum atomic E-state index is 0.0893. The summed E-state index contributed by atoms with van der Waals surface area (Å²) in [7, 11) is 0. The summed E-state index contributed by atoms with van der Waals surface area (Å²) in [5.41, 5.74) is 4.16. The first kappa shape index (κ1) is 17.6. The second-order valence-electron chi connectivity index (χ2n) is 8.08. The quantitative estimate of drug-likeness (QED) is 0.683. The van der Waals surface area contributed by atoms with Crippen LogP contribution in [0.25, 0.3) is 0 Å². The number of tetrazole rings is 1. The van der Waals surface area contributed by atoms with E-state index in [-0.39, 0.29) is 6.04 Å². The molecule has 1 aliphatic heterocycles. The maximum Gasteiger partial charge on any atom is 0.173 e. The van der Waals surface area contributed by atoms with E-state index in [0.29, 0.717) is 6.04 Å². The van der Waals surface area contributed by atoms with Crippen molar-refractivity contribution < 1.29 is 0 Å². The van der Waals surface area contributed by atoms with Crippen LogP contribution >= 0.6 is 0 Å². The number of aromatic nitrogens is 4. The van der Waals surface area contributed by atoms with Gasteiger partial charge in [0.2, 0.25) is 0 Å². The largest absolute Gasteiger partial charge is 0.285 e. The third-order valence-electron chi connectivity index (χ3n) is 6.32. The molecule has 3 aromatic rings. The van der Waals surface area contributed by atoms with Gasteiger partial charge in [-0.1, -0.05) is 73.9 Å². The molecule has 2 aromatic carbocycles. The van der Waals surface area contributed by atoms with Crippen molar-refractivity contribution >= 4 is 0 Å². The molecule has 5 heteroatoms. The number of nitrogens with zero attached hydrogens (tertiary/aromatic N) is 5. The van der Waals surface area contributed by atoms with E-state index in [9.17, 15) is 0 Å². The lowest BCUT2D eigenvalue weighted by molar-refractivity contribution is 0.188. The van der Waals surface area contributed by atoms with Crippen LogP contribution in [0.4, 0.5) is 0 Å². The molecule has 0 spiro atoms. The summed E-state index contributed by atoms with van der Waals surface area (Å²) < 4.78 is 2.14. The first-order valence-corrected chi connectivity index (χ1v) is 10.5. The predicted octanol–water partition coefficient (Wildman–Crippen LogP) is 4.33. The molecular weight excluding hydrogens is 346 g/mol. The number of hydrogen-bond acceptors (Lipinski definition) is 4.